The monoisotopic (exact) mass is 281 g/mol. The number of hydrogen-bond donors (Lipinski definition) is 1. The molecule has 16 heavy (non-hydrogen) atoms. The Balaban J connectivity index is 2.59. The molecule has 1 amide bonds. The Kier molecular flexibility index (Phi) is 2.82. The average Bonchev–Trinajstić information content (AvgIpc) is 2.17. The molecule has 1 aromatic carbocycles. The van der Waals surface area contributed by atoms with Crippen LogP contribution >= 0.6 is 15.9 Å². The Morgan fingerprint density at radius 2 is 2.12 bits per heavy atom. The molecule has 86 valence electrons. The van der Waals surface area contributed by atoms with Crippen LogP contribution < -0.4 is 5.32 Å². The van der Waals surface area contributed by atoms with Crippen molar-refractivity contribution >= 4 is 27.5 Å². The molecule has 1 N–H and O–H groups in total. The zero-order valence-electron chi connectivity index (χ0n) is 9.86. The molecule has 0 fully saturated rings. The quantitative estimate of drug-likeness (QED) is 0.837. The predicted molar refractivity (Wildman–Crippen MR) is 69.8 cm³/mol. The van der Waals surface area contributed by atoms with Crippen molar-refractivity contribution in [3.05, 3.63) is 27.7 Å². The van der Waals surface area contributed by atoms with E-state index in [1.165, 1.54) is 11.1 Å². The summed E-state index contributed by atoms with van der Waals surface area (Å²) in [7, 11) is 0. The maximum atomic E-state index is 11.6. The first kappa shape index (κ1) is 11.6. The molecule has 1 aliphatic heterocycles. The molecule has 0 unspecified atom stereocenters. The summed E-state index contributed by atoms with van der Waals surface area (Å²) in [5, 5.41) is 2.96. The SMILES string of the molecule is CCc1cc2c(cc1Br)C(C)(C)CC(=O)N2. The molecule has 0 radical (unpaired) electrons. The van der Waals surface area contributed by atoms with Gasteiger partial charge in [0.1, 0.15) is 0 Å². The van der Waals surface area contributed by atoms with Gasteiger partial charge in [-0.25, -0.2) is 0 Å². The van der Waals surface area contributed by atoms with Crippen LogP contribution in [0.1, 0.15) is 38.3 Å². The number of fused-ring (bicyclic) bond motifs is 1. The lowest BCUT2D eigenvalue weighted by molar-refractivity contribution is -0.117. The predicted octanol–water partition coefficient (Wildman–Crippen LogP) is 3.63. The second kappa shape index (κ2) is 3.88. The van der Waals surface area contributed by atoms with Crippen molar-refractivity contribution in [3.63, 3.8) is 0 Å². The highest BCUT2D eigenvalue weighted by Gasteiger charge is 2.32. The highest BCUT2D eigenvalue weighted by atomic mass is 79.9. The smallest absolute Gasteiger partial charge is 0.225 e. The van der Waals surface area contributed by atoms with E-state index in [0.717, 1.165) is 16.6 Å². The first-order chi connectivity index (χ1) is 7.44. The number of amides is 1. The largest absolute Gasteiger partial charge is 0.326 e. The minimum absolute atomic E-state index is 0.0769. The zero-order valence-corrected chi connectivity index (χ0v) is 11.4. The molecule has 0 bridgehead atoms. The molecule has 2 nitrogen and oxygen atoms in total. The van der Waals surface area contributed by atoms with Gasteiger partial charge in [-0.3, -0.25) is 4.79 Å². The molecule has 1 aliphatic rings. The van der Waals surface area contributed by atoms with Crippen LogP contribution in [0.5, 0.6) is 0 Å². The van der Waals surface area contributed by atoms with Crippen LogP contribution in [-0.4, -0.2) is 5.91 Å². The van der Waals surface area contributed by atoms with Crippen molar-refractivity contribution in [2.45, 2.75) is 39.0 Å². The Hall–Kier alpha value is -0.830. The van der Waals surface area contributed by atoms with E-state index in [4.69, 9.17) is 0 Å². The van der Waals surface area contributed by atoms with Crippen molar-refractivity contribution in [2.24, 2.45) is 0 Å². The third kappa shape index (κ3) is 1.88. The number of nitrogens with one attached hydrogen (secondary N) is 1. The average molecular weight is 282 g/mol. The minimum atomic E-state index is -0.0769. The highest BCUT2D eigenvalue weighted by Crippen LogP contribution is 2.39. The van der Waals surface area contributed by atoms with Crippen LogP contribution in [-0.2, 0) is 16.6 Å². The van der Waals surface area contributed by atoms with Crippen LogP contribution in [0.2, 0.25) is 0 Å². The number of aryl methyl sites for hydroxylation is 1. The van der Waals surface area contributed by atoms with E-state index in [2.05, 4.69) is 54.2 Å². The fourth-order valence-electron chi connectivity index (χ4n) is 2.24. The van der Waals surface area contributed by atoms with E-state index < -0.39 is 0 Å². The van der Waals surface area contributed by atoms with Crippen LogP contribution in [0.3, 0.4) is 0 Å². The molecule has 1 aromatic rings. The van der Waals surface area contributed by atoms with Crippen LogP contribution in [0.25, 0.3) is 0 Å². The van der Waals surface area contributed by atoms with Crippen LogP contribution in [0, 0.1) is 0 Å². The van der Waals surface area contributed by atoms with Gasteiger partial charge in [0.2, 0.25) is 5.91 Å². The summed E-state index contributed by atoms with van der Waals surface area (Å²) in [4.78, 5) is 11.6. The molecule has 0 aromatic heterocycles. The normalized spacial score (nSPS) is 17.9. The van der Waals surface area contributed by atoms with Gasteiger partial charge in [-0.15, -0.1) is 0 Å². The standard InChI is InChI=1S/C13H16BrNO/c1-4-8-5-11-9(6-10(8)14)13(2,3)7-12(16)15-11/h5-6H,4,7H2,1-3H3,(H,15,16). The summed E-state index contributed by atoms with van der Waals surface area (Å²) in [5.74, 6) is 0.113. The van der Waals surface area contributed by atoms with Gasteiger partial charge in [0.05, 0.1) is 0 Å². The number of hydrogen-bond acceptors (Lipinski definition) is 1. The lowest BCUT2D eigenvalue weighted by Gasteiger charge is -2.32. The van der Waals surface area contributed by atoms with Gasteiger partial charge < -0.3 is 5.32 Å². The molecule has 0 atom stereocenters. The second-order valence-electron chi connectivity index (χ2n) is 4.95. The fourth-order valence-corrected chi connectivity index (χ4v) is 2.87. The van der Waals surface area contributed by atoms with Gasteiger partial charge in [0.15, 0.2) is 0 Å². The zero-order chi connectivity index (χ0) is 11.9. The maximum Gasteiger partial charge on any atom is 0.225 e. The van der Waals surface area contributed by atoms with E-state index in [-0.39, 0.29) is 11.3 Å². The van der Waals surface area contributed by atoms with Crippen molar-refractivity contribution in [3.8, 4) is 0 Å². The molecule has 0 spiro atoms. The molecule has 3 heteroatoms. The molecule has 2 rings (SSSR count). The molecular formula is C13H16BrNO. The number of rotatable bonds is 1. The number of carbonyl (C=O) groups is 1. The summed E-state index contributed by atoms with van der Waals surface area (Å²) >= 11 is 3.59. The number of halogens is 1. The Morgan fingerprint density at radius 1 is 1.44 bits per heavy atom. The highest BCUT2D eigenvalue weighted by molar-refractivity contribution is 9.10. The summed E-state index contributed by atoms with van der Waals surface area (Å²) in [5.41, 5.74) is 3.35. The molecule has 0 saturated heterocycles. The van der Waals surface area contributed by atoms with Gasteiger partial charge >= 0.3 is 0 Å². The molecule has 0 aliphatic carbocycles. The first-order valence-corrected chi connectivity index (χ1v) is 6.36. The van der Waals surface area contributed by atoms with Crippen molar-refractivity contribution < 1.29 is 4.79 Å². The fraction of sp³-hybridized carbons (Fsp3) is 0.462. The number of anilines is 1. The second-order valence-corrected chi connectivity index (χ2v) is 5.81. The van der Waals surface area contributed by atoms with Crippen molar-refractivity contribution in [1.29, 1.82) is 0 Å². The maximum absolute atomic E-state index is 11.6. The lowest BCUT2D eigenvalue weighted by Crippen LogP contribution is -2.32. The summed E-state index contributed by atoms with van der Waals surface area (Å²) in [6.07, 6.45) is 1.52. The Morgan fingerprint density at radius 3 is 2.75 bits per heavy atom. The van der Waals surface area contributed by atoms with E-state index in [1.54, 1.807) is 0 Å². The topological polar surface area (TPSA) is 29.1 Å². The number of carbonyl (C=O) groups excluding carboxylic acids is 1. The third-order valence-electron chi connectivity index (χ3n) is 3.17. The Labute approximate surface area is 105 Å². The van der Waals surface area contributed by atoms with Gasteiger partial charge in [-0.2, -0.15) is 0 Å². The van der Waals surface area contributed by atoms with Crippen LogP contribution in [0.4, 0.5) is 5.69 Å². The van der Waals surface area contributed by atoms with Crippen molar-refractivity contribution in [1.82, 2.24) is 0 Å². The van der Waals surface area contributed by atoms with E-state index in [9.17, 15) is 4.79 Å². The van der Waals surface area contributed by atoms with Gasteiger partial charge in [-0.1, -0.05) is 36.7 Å². The van der Waals surface area contributed by atoms with Gasteiger partial charge in [0, 0.05) is 22.0 Å². The van der Waals surface area contributed by atoms with Crippen LogP contribution in [0.15, 0.2) is 16.6 Å². The Bertz CT molecular complexity index is 451. The third-order valence-corrected chi connectivity index (χ3v) is 3.91. The summed E-state index contributed by atoms with van der Waals surface area (Å²) < 4.78 is 1.14. The molecule has 1 heterocycles. The van der Waals surface area contributed by atoms with E-state index >= 15 is 0 Å². The minimum Gasteiger partial charge on any atom is -0.326 e. The first-order valence-electron chi connectivity index (χ1n) is 5.57. The van der Waals surface area contributed by atoms with Gasteiger partial charge in [-0.05, 0) is 29.7 Å². The molecule has 0 saturated carbocycles. The van der Waals surface area contributed by atoms with Crippen molar-refractivity contribution in [2.75, 3.05) is 5.32 Å². The van der Waals surface area contributed by atoms with E-state index in [1.807, 2.05) is 0 Å². The molecular weight excluding hydrogens is 266 g/mol. The summed E-state index contributed by atoms with van der Waals surface area (Å²) in [6.45, 7) is 6.34. The summed E-state index contributed by atoms with van der Waals surface area (Å²) in [6, 6.07) is 4.23. The van der Waals surface area contributed by atoms with Gasteiger partial charge in [0.25, 0.3) is 0 Å². The van der Waals surface area contributed by atoms with E-state index in [0.29, 0.717) is 6.42 Å². The lowest BCUT2D eigenvalue weighted by atomic mass is 9.77. The number of benzene rings is 1.